The van der Waals surface area contributed by atoms with E-state index in [0.717, 1.165) is 20.3 Å². The third-order valence-electron chi connectivity index (χ3n) is 3.04. The summed E-state index contributed by atoms with van der Waals surface area (Å²) >= 11 is 0. The van der Waals surface area contributed by atoms with Crippen LogP contribution >= 0.6 is 0 Å². The number of methoxy groups -OCH3 is 2. The Morgan fingerprint density at radius 1 is 0.880 bits per heavy atom. The molecule has 0 N–H and O–H groups in total. The average Bonchev–Trinajstić information content (AvgIpc) is 2.51. The van der Waals surface area contributed by atoms with Gasteiger partial charge in [0.15, 0.2) is 5.69 Å². The molecule has 0 atom stereocenters. The second-order valence-corrected chi connectivity index (χ2v) is 4.64. The van der Waals surface area contributed by atoms with Gasteiger partial charge in [-0.05, 0) is 6.07 Å². The molecule has 1 aromatic heterocycles. The molecule has 4 nitrogen and oxygen atoms in total. The Kier molecular flexibility index (Phi) is 5.00. The van der Waals surface area contributed by atoms with Crippen LogP contribution in [0, 0.1) is 0 Å². The summed E-state index contributed by atoms with van der Waals surface area (Å²) in [5.74, 6) is -1.55. The lowest BCUT2D eigenvalue weighted by atomic mass is 10.0. The fourth-order valence-corrected chi connectivity index (χ4v) is 2.09. The number of hydrogen-bond donors (Lipinski definition) is 0. The Hall–Kier alpha value is -2.65. The quantitative estimate of drug-likeness (QED) is 0.736. The molecule has 0 saturated heterocycles. The van der Waals surface area contributed by atoms with Crippen LogP contribution in [0.5, 0.6) is 17.4 Å². The largest absolute Gasteiger partial charge is 0.573 e. The standard InChI is InChI=1S/C15H11F6NO3/c1-23-10-7-11(14(16,17)18)22-13(24-2)12(10)8-5-3-4-6-9(8)25-15(19,20)21/h3-7H,1-2H3. The Morgan fingerprint density at radius 2 is 1.52 bits per heavy atom. The van der Waals surface area contributed by atoms with E-state index in [1.165, 1.54) is 18.2 Å². The van der Waals surface area contributed by atoms with Crippen LogP contribution in [0.3, 0.4) is 0 Å². The van der Waals surface area contributed by atoms with E-state index in [9.17, 15) is 26.3 Å². The summed E-state index contributed by atoms with van der Waals surface area (Å²) in [4.78, 5) is 3.32. The predicted molar refractivity (Wildman–Crippen MR) is 74.5 cm³/mol. The van der Waals surface area contributed by atoms with E-state index in [4.69, 9.17) is 9.47 Å². The zero-order chi connectivity index (χ0) is 18.8. The molecule has 0 radical (unpaired) electrons. The molecule has 0 aliphatic carbocycles. The van der Waals surface area contributed by atoms with Gasteiger partial charge in [-0.25, -0.2) is 4.98 Å². The SMILES string of the molecule is COc1cc(C(F)(F)F)nc(OC)c1-c1ccccc1OC(F)(F)F. The van der Waals surface area contributed by atoms with Crippen LogP contribution in [0.4, 0.5) is 26.3 Å². The lowest BCUT2D eigenvalue weighted by Crippen LogP contribution is -2.17. The first-order valence-corrected chi connectivity index (χ1v) is 6.62. The molecule has 25 heavy (non-hydrogen) atoms. The van der Waals surface area contributed by atoms with E-state index in [-0.39, 0.29) is 16.9 Å². The minimum atomic E-state index is -4.99. The topological polar surface area (TPSA) is 40.6 Å². The number of halogens is 6. The van der Waals surface area contributed by atoms with E-state index in [2.05, 4.69) is 9.72 Å². The molecule has 136 valence electrons. The number of rotatable bonds is 4. The lowest BCUT2D eigenvalue weighted by Gasteiger charge is -2.18. The van der Waals surface area contributed by atoms with E-state index in [0.29, 0.717) is 6.07 Å². The average molecular weight is 367 g/mol. The first kappa shape index (κ1) is 18.7. The molecule has 0 fully saturated rings. The molecule has 1 aromatic carbocycles. The highest BCUT2D eigenvalue weighted by atomic mass is 19.4. The first-order valence-electron chi connectivity index (χ1n) is 6.62. The molecule has 2 rings (SSSR count). The van der Waals surface area contributed by atoms with Crippen molar-refractivity contribution in [2.75, 3.05) is 14.2 Å². The van der Waals surface area contributed by atoms with Crippen molar-refractivity contribution in [3.8, 4) is 28.5 Å². The van der Waals surface area contributed by atoms with Crippen LogP contribution in [0.1, 0.15) is 5.69 Å². The molecule has 1 heterocycles. The highest BCUT2D eigenvalue weighted by molar-refractivity contribution is 5.80. The molecule has 0 aliphatic rings. The van der Waals surface area contributed by atoms with Crippen molar-refractivity contribution >= 4 is 0 Å². The van der Waals surface area contributed by atoms with Gasteiger partial charge in [0.1, 0.15) is 11.5 Å². The second-order valence-electron chi connectivity index (χ2n) is 4.64. The number of hydrogen-bond acceptors (Lipinski definition) is 4. The van der Waals surface area contributed by atoms with E-state index in [1.54, 1.807) is 0 Å². The molecule has 10 heteroatoms. The van der Waals surface area contributed by atoms with Crippen molar-refractivity contribution in [3.63, 3.8) is 0 Å². The molecule has 0 amide bonds. The maximum absolute atomic E-state index is 12.9. The summed E-state index contributed by atoms with van der Waals surface area (Å²) in [5.41, 5.74) is -1.69. The van der Waals surface area contributed by atoms with Crippen LogP contribution in [-0.4, -0.2) is 25.6 Å². The summed E-state index contributed by atoms with van der Waals surface area (Å²) in [6.07, 6.45) is -9.78. The van der Waals surface area contributed by atoms with Crippen LogP contribution in [0.15, 0.2) is 30.3 Å². The van der Waals surface area contributed by atoms with E-state index < -0.39 is 29.9 Å². The van der Waals surface area contributed by atoms with Crippen molar-refractivity contribution in [3.05, 3.63) is 36.0 Å². The summed E-state index contributed by atoms with van der Waals surface area (Å²) in [7, 11) is 2.12. The second kappa shape index (κ2) is 6.69. The van der Waals surface area contributed by atoms with Gasteiger partial charge in [0.2, 0.25) is 5.88 Å². The number of alkyl halides is 6. The maximum atomic E-state index is 12.9. The molecule has 0 spiro atoms. The number of benzene rings is 1. The predicted octanol–water partition coefficient (Wildman–Crippen LogP) is 4.68. The Bertz CT molecular complexity index is 733. The number of para-hydroxylation sites is 1. The van der Waals surface area contributed by atoms with Crippen LogP contribution in [-0.2, 0) is 6.18 Å². The van der Waals surface area contributed by atoms with Crippen LogP contribution in [0.2, 0.25) is 0 Å². The molecule has 0 saturated carbocycles. The number of pyridine rings is 1. The van der Waals surface area contributed by atoms with Gasteiger partial charge < -0.3 is 14.2 Å². The molecule has 0 aliphatic heterocycles. The Balaban J connectivity index is 2.71. The van der Waals surface area contributed by atoms with Crippen molar-refractivity contribution in [1.82, 2.24) is 4.98 Å². The van der Waals surface area contributed by atoms with Crippen LogP contribution < -0.4 is 14.2 Å². The van der Waals surface area contributed by atoms with Gasteiger partial charge in [0, 0.05) is 11.6 Å². The molecule has 0 bridgehead atoms. The minimum Gasteiger partial charge on any atom is -0.496 e. The Labute approximate surface area is 138 Å². The van der Waals surface area contributed by atoms with E-state index in [1.807, 2.05) is 0 Å². The monoisotopic (exact) mass is 367 g/mol. The number of ether oxygens (including phenoxy) is 3. The molecule has 2 aromatic rings. The Morgan fingerprint density at radius 3 is 2.04 bits per heavy atom. The fraction of sp³-hybridized carbons (Fsp3) is 0.267. The number of aromatic nitrogens is 1. The van der Waals surface area contributed by atoms with Gasteiger partial charge in [-0.3, -0.25) is 0 Å². The van der Waals surface area contributed by atoms with Gasteiger partial charge in [-0.1, -0.05) is 18.2 Å². The highest BCUT2D eigenvalue weighted by Crippen LogP contribution is 2.45. The smallest absolute Gasteiger partial charge is 0.496 e. The third kappa shape index (κ3) is 4.25. The van der Waals surface area contributed by atoms with Gasteiger partial charge in [0.05, 0.1) is 19.8 Å². The van der Waals surface area contributed by atoms with Gasteiger partial charge in [-0.2, -0.15) is 13.2 Å². The molecular weight excluding hydrogens is 356 g/mol. The van der Waals surface area contributed by atoms with Crippen molar-refractivity contribution < 1.29 is 40.6 Å². The lowest BCUT2D eigenvalue weighted by molar-refractivity contribution is -0.274. The van der Waals surface area contributed by atoms with Crippen LogP contribution in [0.25, 0.3) is 11.1 Å². The number of nitrogens with zero attached hydrogens (tertiary/aromatic N) is 1. The fourth-order valence-electron chi connectivity index (χ4n) is 2.09. The van der Waals surface area contributed by atoms with Gasteiger partial charge in [0.25, 0.3) is 0 Å². The highest BCUT2D eigenvalue weighted by Gasteiger charge is 2.36. The normalized spacial score (nSPS) is 12.0. The summed E-state index contributed by atoms with van der Waals surface area (Å²) in [5, 5.41) is 0. The zero-order valence-electron chi connectivity index (χ0n) is 12.8. The molecule has 0 unspecified atom stereocenters. The first-order chi connectivity index (χ1) is 11.6. The summed E-state index contributed by atoms with van der Waals surface area (Å²) < 4.78 is 90.1. The van der Waals surface area contributed by atoms with Crippen molar-refractivity contribution in [2.45, 2.75) is 12.5 Å². The summed E-state index contributed by atoms with van der Waals surface area (Å²) in [6, 6.07) is 5.47. The minimum absolute atomic E-state index is 0.185. The zero-order valence-corrected chi connectivity index (χ0v) is 12.8. The third-order valence-corrected chi connectivity index (χ3v) is 3.04. The van der Waals surface area contributed by atoms with Crippen molar-refractivity contribution in [2.24, 2.45) is 0 Å². The van der Waals surface area contributed by atoms with E-state index >= 15 is 0 Å². The van der Waals surface area contributed by atoms with Gasteiger partial charge in [-0.15, -0.1) is 13.2 Å². The molecular formula is C15H11F6NO3. The maximum Gasteiger partial charge on any atom is 0.573 e. The summed E-state index contributed by atoms with van der Waals surface area (Å²) in [6.45, 7) is 0. The van der Waals surface area contributed by atoms with Crippen molar-refractivity contribution in [1.29, 1.82) is 0 Å². The van der Waals surface area contributed by atoms with Gasteiger partial charge >= 0.3 is 12.5 Å².